The molecule has 22 heavy (non-hydrogen) atoms. The molecule has 0 aliphatic carbocycles. The van der Waals surface area contributed by atoms with E-state index in [9.17, 15) is 0 Å². The fraction of sp³-hybridized carbons (Fsp3) is 0. The lowest BCUT2D eigenvalue weighted by Gasteiger charge is -2.01. The highest BCUT2D eigenvalue weighted by atomic mass is 35.5. The molecule has 0 radical (unpaired) electrons. The third-order valence-electron chi connectivity index (χ3n) is 2.25. The molecule has 0 atom stereocenters. The van der Waals surface area contributed by atoms with Crippen molar-refractivity contribution in [2.45, 2.75) is 20.1 Å². The molecule has 0 bridgehead atoms. The van der Waals surface area contributed by atoms with E-state index in [2.05, 4.69) is 30.6 Å². The Kier molecular flexibility index (Phi) is 5.04. The number of halogens is 2. The quantitative estimate of drug-likeness (QED) is 0.690. The molecule has 6 nitrogen and oxygen atoms in total. The van der Waals surface area contributed by atoms with E-state index in [4.69, 9.17) is 23.2 Å². The van der Waals surface area contributed by atoms with E-state index in [1.54, 1.807) is 24.3 Å². The molecule has 3 rings (SSSR count). The van der Waals surface area contributed by atoms with Gasteiger partial charge in [-0.2, -0.15) is 0 Å². The largest absolute Gasteiger partial charge is 0.151 e. The minimum absolute atomic E-state index is 0.353. The third-order valence-corrected chi connectivity index (χ3v) is 4.36. The summed E-state index contributed by atoms with van der Waals surface area (Å²) in [6.45, 7) is 0. The smallest absolute Gasteiger partial charge is 0.143 e. The summed E-state index contributed by atoms with van der Waals surface area (Å²) in [6.07, 6.45) is 0. The molecular formula is C12H6Cl2N6S2. The summed E-state index contributed by atoms with van der Waals surface area (Å²) in [4.78, 5) is 0. The van der Waals surface area contributed by atoms with Crippen LogP contribution in [0.2, 0.25) is 10.3 Å². The third kappa shape index (κ3) is 4.26. The van der Waals surface area contributed by atoms with Crippen molar-refractivity contribution in [3.8, 4) is 0 Å². The van der Waals surface area contributed by atoms with E-state index in [1.807, 2.05) is 12.1 Å². The number of hydrogen-bond donors (Lipinski definition) is 0. The second-order valence-electron chi connectivity index (χ2n) is 3.80. The van der Waals surface area contributed by atoms with Crippen LogP contribution in [-0.4, -0.2) is 30.6 Å². The van der Waals surface area contributed by atoms with Gasteiger partial charge in [-0.15, -0.1) is 30.6 Å². The van der Waals surface area contributed by atoms with E-state index in [0.717, 1.165) is 0 Å². The first-order chi connectivity index (χ1) is 10.7. The Bertz CT molecular complexity index is 686. The van der Waals surface area contributed by atoms with E-state index in [-0.39, 0.29) is 0 Å². The molecule has 10 heteroatoms. The normalized spacial score (nSPS) is 10.6. The fourth-order valence-electron chi connectivity index (χ4n) is 1.35. The van der Waals surface area contributed by atoms with Gasteiger partial charge in [0, 0.05) is 0 Å². The molecule has 3 heterocycles. The average Bonchev–Trinajstić information content (AvgIpc) is 2.54. The first-order valence-electron chi connectivity index (χ1n) is 5.87. The van der Waals surface area contributed by atoms with Crippen LogP contribution in [0.25, 0.3) is 0 Å². The molecular weight excluding hydrogens is 363 g/mol. The van der Waals surface area contributed by atoms with Gasteiger partial charge >= 0.3 is 0 Å². The van der Waals surface area contributed by atoms with Crippen molar-refractivity contribution in [2.75, 3.05) is 0 Å². The zero-order valence-corrected chi connectivity index (χ0v) is 13.9. The van der Waals surface area contributed by atoms with Gasteiger partial charge in [-0.25, -0.2) is 0 Å². The van der Waals surface area contributed by atoms with Crippen LogP contribution in [0.3, 0.4) is 0 Å². The molecule has 0 amide bonds. The van der Waals surface area contributed by atoms with Crippen molar-refractivity contribution in [2.24, 2.45) is 0 Å². The highest BCUT2D eigenvalue weighted by Crippen LogP contribution is 2.27. The van der Waals surface area contributed by atoms with Crippen molar-refractivity contribution in [3.63, 3.8) is 0 Å². The van der Waals surface area contributed by atoms with Gasteiger partial charge in [-0.05, 0) is 59.9 Å². The predicted molar refractivity (Wildman–Crippen MR) is 84.4 cm³/mol. The van der Waals surface area contributed by atoms with Crippen molar-refractivity contribution in [1.29, 1.82) is 0 Å². The Morgan fingerprint density at radius 2 is 0.818 bits per heavy atom. The van der Waals surface area contributed by atoms with Gasteiger partial charge in [0.15, 0.2) is 10.3 Å². The molecule has 0 aromatic carbocycles. The zero-order chi connectivity index (χ0) is 15.4. The van der Waals surface area contributed by atoms with Gasteiger partial charge < -0.3 is 0 Å². The highest BCUT2D eigenvalue weighted by Gasteiger charge is 2.05. The monoisotopic (exact) mass is 368 g/mol. The lowest BCUT2D eigenvalue weighted by Crippen LogP contribution is -1.91. The van der Waals surface area contributed by atoms with Crippen molar-refractivity contribution in [1.82, 2.24) is 30.6 Å². The Balaban J connectivity index is 1.67. The van der Waals surface area contributed by atoms with Gasteiger partial charge in [0.25, 0.3) is 0 Å². The molecule has 110 valence electrons. The summed E-state index contributed by atoms with van der Waals surface area (Å²) < 4.78 is 0. The van der Waals surface area contributed by atoms with Crippen molar-refractivity contribution in [3.05, 3.63) is 46.7 Å². The van der Waals surface area contributed by atoms with E-state index < -0.39 is 0 Å². The van der Waals surface area contributed by atoms with Crippen molar-refractivity contribution >= 4 is 46.7 Å². The number of aromatic nitrogens is 6. The number of rotatable bonds is 4. The average molecular weight is 369 g/mol. The minimum atomic E-state index is 0.353. The molecule has 0 unspecified atom stereocenters. The maximum atomic E-state index is 5.69. The van der Waals surface area contributed by atoms with Gasteiger partial charge in [-0.1, -0.05) is 23.2 Å². The second kappa shape index (κ2) is 7.19. The van der Waals surface area contributed by atoms with E-state index >= 15 is 0 Å². The van der Waals surface area contributed by atoms with Crippen LogP contribution in [0.4, 0.5) is 0 Å². The van der Waals surface area contributed by atoms with Crippen LogP contribution in [0, 0.1) is 0 Å². The Labute approximate surface area is 144 Å². The molecule has 0 aliphatic heterocycles. The lowest BCUT2D eigenvalue weighted by atomic mass is 10.6. The van der Waals surface area contributed by atoms with Crippen LogP contribution < -0.4 is 0 Å². The topological polar surface area (TPSA) is 77.3 Å². The minimum Gasteiger partial charge on any atom is -0.143 e. The summed E-state index contributed by atoms with van der Waals surface area (Å²) in [5.74, 6) is 0. The van der Waals surface area contributed by atoms with Gasteiger partial charge in [0.05, 0.1) is 0 Å². The van der Waals surface area contributed by atoms with Crippen LogP contribution in [0.5, 0.6) is 0 Å². The maximum absolute atomic E-state index is 5.69. The Hall–Kier alpha value is -1.48. The molecule has 3 aromatic heterocycles. The summed E-state index contributed by atoms with van der Waals surface area (Å²) in [7, 11) is 0. The number of nitrogens with zero attached hydrogens (tertiary/aromatic N) is 6. The molecule has 0 N–H and O–H groups in total. The summed E-state index contributed by atoms with van der Waals surface area (Å²) >= 11 is 14.1. The van der Waals surface area contributed by atoms with Crippen LogP contribution in [0.1, 0.15) is 0 Å². The molecule has 0 spiro atoms. The summed E-state index contributed by atoms with van der Waals surface area (Å²) in [5.41, 5.74) is 0. The number of hydrogen-bond acceptors (Lipinski definition) is 8. The molecule has 0 saturated heterocycles. The van der Waals surface area contributed by atoms with Gasteiger partial charge in [-0.3, -0.25) is 0 Å². The van der Waals surface area contributed by atoms with Crippen LogP contribution in [0.15, 0.2) is 56.5 Å². The molecule has 3 aromatic rings. The summed E-state index contributed by atoms with van der Waals surface area (Å²) in [6, 6.07) is 10.6. The standard InChI is InChI=1S/C12H6Cl2N6S2/c13-7-1-3-9(17-15-7)21-11-5-6-12(20-19-11)22-10-4-2-8(14)16-18-10/h1-6H. The first kappa shape index (κ1) is 15.4. The van der Waals surface area contributed by atoms with Crippen LogP contribution in [-0.2, 0) is 0 Å². The Morgan fingerprint density at radius 3 is 1.09 bits per heavy atom. The van der Waals surface area contributed by atoms with E-state index in [1.165, 1.54) is 23.5 Å². The SMILES string of the molecule is Clc1ccc(Sc2ccc(Sc3ccc(Cl)nn3)nn2)nn1. The summed E-state index contributed by atoms with van der Waals surface area (Å²) in [5, 5.41) is 27.2. The zero-order valence-electron chi connectivity index (χ0n) is 10.7. The lowest BCUT2D eigenvalue weighted by molar-refractivity contribution is 0.845. The maximum Gasteiger partial charge on any atom is 0.151 e. The predicted octanol–water partition coefficient (Wildman–Crippen LogP) is 3.67. The first-order valence-corrected chi connectivity index (χ1v) is 8.26. The highest BCUT2D eigenvalue weighted by molar-refractivity contribution is 7.99. The molecule has 0 fully saturated rings. The fourth-order valence-corrected chi connectivity index (χ4v) is 2.85. The second-order valence-corrected chi connectivity index (χ2v) is 6.66. The van der Waals surface area contributed by atoms with Gasteiger partial charge in [0.2, 0.25) is 0 Å². The molecule has 0 saturated carbocycles. The van der Waals surface area contributed by atoms with Crippen molar-refractivity contribution < 1.29 is 0 Å². The van der Waals surface area contributed by atoms with E-state index in [0.29, 0.717) is 30.4 Å². The Morgan fingerprint density at radius 1 is 0.500 bits per heavy atom. The van der Waals surface area contributed by atoms with Gasteiger partial charge in [0.1, 0.15) is 20.1 Å². The molecule has 0 aliphatic rings. The van der Waals surface area contributed by atoms with Crippen LogP contribution >= 0.6 is 46.7 Å².